The van der Waals surface area contributed by atoms with Gasteiger partial charge in [-0.05, 0) is 19.1 Å². The van der Waals surface area contributed by atoms with Crippen molar-refractivity contribution in [3.05, 3.63) is 23.2 Å². The molecule has 7 heteroatoms. The molecule has 0 aliphatic rings. The predicted molar refractivity (Wildman–Crippen MR) is 78.9 cm³/mol. The van der Waals surface area contributed by atoms with Crippen LogP contribution in [-0.4, -0.2) is 25.3 Å². The molecule has 1 heterocycles. The maximum absolute atomic E-state index is 11.1. The third-order valence-electron chi connectivity index (χ3n) is 3.36. The molecule has 0 fully saturated rings. The van der Waals surface area contributed by atoms with Crippen LogP contribution < -0.4 is 9.30 Å². The van der Waals surface area contributed by atoms with Gasteiger partial charge in [-0.3, -0.25) is 4.55 Å². The third-order valence-corrected chi connectivity index (χ3v) is 5.70. The number of nitrogens with zero attached hydrogens (tertiary/aromatic N) is 1. The zero-order valence-electron chi connectivity index (χ0n) is 11.7. The van der Waals surface area contributed by atoms with E-state index in [2.05, 4.69) is 4.57 Å². The topological polar surface area (TPSA) is 67.5 Å². The Balaban J connectivity index is 2.31. The Bertz CT molecular complexity index is 721. The molecule has 0 saturated carbocycles. The van der Waals surface area contributed by atoms with Gasteiger partial charge in [-0.15, -0.1) is 0 Å². The van der Waals surface area contributed by atoms with E-state index in [-0.39, 0.29) is 0 Å². The van der Waals surface area contributed by atoms with Crippen molar-refractivity contribution >= 4 is 31.7 Å². The van der Waals surface area contributed by atoms with Crippen molar-refractivity contribution in [1.29, 1.82) is 0 Å². The molecule has 2 rings (SSSR count). The number of hydrogen-bond donors (Lipinski definition) is 1. The van der Waals surface area contributed by atoms with E-state index < -0.39 is 15.4 Å². The van der Waals surface area contributed by atoms with Gasteiger partial charge in [0, 0.05) is 13.3 Å². The molecular formula is C13H18NO4S2+. The fourth-order valence-corrected chi connectivity index (χ4v) is 3.47. The quantitative estimate of drug-likeness (QED) is 0.678. The second kappa shape index (κ2) is 5.67. The zero-order chi connectivity index (χ0) is 14.9. The van der Waals surface area contributed by atoms with Crippen LogP contribution in [0.25, 0.3) is 10.2 Å². The lowest BCUT2D eigenvalue weighted by Gasteiger charge is -2.05. The molecule has 0 aliphatic heterocycles. The minimum absolute atomic E-state index is 0.368. The van der Waals surface area contributed by atoms with E-state index in [0.29, 0.717) is 13.0 Å². The van der Waals surface area contributed by atoms with E-state index in [0.717, 1.165) is 21.0 Å². The van der Waals surface area contributed by atoms with E-state index in [1.54, 1.807) is 18.4 Å². The summed E-state index contributed by atoms with van der Waals surface area (Å²) in [5.74, 6) is 0.770. The molecule has 110 valence electrons. The summed E-state index contributed by atoms with van der Waals surface area (Å²) in [6.07, 6.45) is 0.368. The molecule has 0 aliphatic carbocycles. The van der Waals surface area contributed by atoms with Gasteiger partial charge in [-0.1, -0.05) is 11.3 Å². The summed E-state index contributed by atoms with van der Waals surface area (Å²) in [6.45, 7) is 4.05. The molecule has 0 amide bonds. The van der Waals surface area contributed by atoms with Crippen LogP contribution in [-0.2, 0) is 16.7 Å². The highest BCUT2D eigenvalue weighted by molar-refractivity contribution is 7.86. The van der Waals surface area contributed by atoms with Crippen LogP contribution in [0.4, 0.5) is 0 Å². The Morgan fingerprint density at radius 2 is 2.15 bits per heavy atom. The SMILES string of the molecule is COc1ccc2sc(C)[n+](CC[C@H](C)S(=O)(=O)O)c2c1. The number of aryl methyl sites for hydroxylation is 2. The van der Waals surface area contributed by atoms with Gasteiger partial charge >= 0.3 is 0 Å². The first-order chi connectivity index (χ1) is 9.32. The Hall–Kier alpha value is -1.18. The fourth-order valence-electron chi connectivity index (χ4n) is 2.04. The summed E-state index contributed by atoms with van der Waals surface area (Å²) >= 11 is 1.65. The summed E-state index contributed by atoms with van der Waals surface area (Å²) in [7, 11) is -2.35. The first-order valence-corrected chi connectivity index (χ1v) is 8.58. The lowest BCUT2D eigenvalue weighted by atomic mass is 10.3. The van der Waals surface area contributed by atoms with E-state index in [9.17, 15) is 8.42 Å². The van der Waals surface area contributed by atoms with Crippen LogP contribution >= 0.6 is 11.3 Å². The summed E-state index contributed by atoms with van der Waals surface area (Å²) < 4.78 is 39.6. The molecule has 0 radical (unpaired) electrons. The van der Waals surface area contributed by atoms with Crippen LogP contribution in [0.1, 0.15) is 18.4 Å². The Morgan fingerprint density at radius 3 is 2.75 bits per heavy atom. The van der Waals surface area contributed by atoms with Crippen molar-refractivity contribution in [2.24, 2.45) is 0 Å². The number of thiazole rings is 1. The highest BCUT2D eigenvalue weighted by Gasteiger charge is 2.23. The van der Waals surface area contributed by atoms with Gasteiger partial charge in [-0.25, -0.2) is 0 Å². The largest absolute Gasteiger partial charge is 0.497 e. The van der Waals surface area contributed by atoms with Gasteiger partial charge in [0.05, 0.1) is 18.4 Å². The van der Waals surface area contributed by atoms with Crippen LogP contribution in [0.3, 0.4) is 0 Å². The van der Waals surface area contributed by atoms with Crippen molar-refractivity contribution in [2.75, 3.05) is 7.11 Å². The molecule has 0 spiro atoms. The lowest BCUT2D eigenvalue weighted by Crippen LogP contribution is -2.37. The van der Waals surface area contributed by atoms with E-state index in [1.807, 2.05) is 25.1 Å². The second-order valence-electron chi connectivity index (χ2n) is 4.72. The maximum Gasteiger partial charge on any atom is 0.267 e. The number of rotatable bonds is 5. The van der Waals surface area contributed by atoms with Crippen LogP contribution in [0.15, 0.2) is 18.2 Å². The summed E-state index contributed by atoms with van der Waals surface area (Å²) in [6, 6.07) is 5.84. The summed E-state index contributed by atoms with van der Waals surface area (Å²) in [5, 5.41) is 0.325. The molecule has 0 bridgehead atoms. The van der Waals surface area contributed by atoms with Gasteiger partial charge < -0.3 is 4.74 Å². The van der Waals surface area contributed by atoms with Gasteiger partial charge in [0.25, 0.3) is 10.1 Å². The van der Waals surface area contributed by atoms with Gasteiger partial charge in [0.2, 0.25) is 10.5 Å². The number of hydrogen-bond acceptors (Lipinski definition) is 4. The predicted octanol–water partition coefficient (Wildman–Crippen LogP) is 2.17. The average Bonchev–Trinajstić information content (AvgIpc) is 2.69. The van der Waals surface area contributed by atoms with Crippen LogP contribution in [0, 0.1) is 6.92 Å². The Morgan fingerprint density at radius 1 is 1.45 bits per heavy atom. The molecule has 0 saturated heterocycles. The van der Waals surface area contributed by atoms with Crippen molar-refractivity contribution in [2.45, 2.75) is 32.1 Å². The number of ether oxygens (including phenoxy) is 1. The molecule has 1 aromatic heterocycles. The third kappa shape index (κ3) is 3.11. The molecule has 0 unspecified atom stereocenters. The lowest BCUT2D eigenvalue weighted by molar-refractivity contribution is -0.673. The smallest absolute Gasteiger partial charge is 0.267 e. The average molecular weight is 316 g/mol. The number of methoxy groups -OCH3 is 1. The van der Waals surface area contributed by atoms with Crippen molar-refractivity contribution in [3.63, 3.8) is 0 Å². The molecule has 1 atom stereocenters. The Kier molecular flexibility index (Phi) is 4.31. The zero-order valence-corrected chi connectivity index (χ0v) is 13.3. The Labute approximate surface area is 122 Å². The highest BCUT2D eigenvalue weighted by atomic mass is 32.2. The first-order valence-electron chi connectivity index (χ1n) is 6.26. The van der Waals surface area contributed by atoms with Crippen LogP contribution in [0.2, 0.25) is 0 Å². The summed E-state index contributed by atoms with van der Waals surface area (Å²) in [4.78, 5) is 0. The minimum Gasteiger partial charge on any atom is -0.497 e. The number of fused-ring (bicyclic) bond motifs is 1. The minimum atomic E-state index is -3.97. The molecule has 1 N–H and O–H groups in total. The second-order valence-corrected chi connectivity index (χ2v) is 7.79. The molecule has 2 aromatic rings. The van der Waals surface area contributed by atoms with E-state index in [4.69, 9.17) is 9.29 Å². The highest BCUT2D eigenvalue weighted by Crippen LogP contribution is 2.24. The number of aromatic nitrogens is 1. The normalized spacial score (nSPS) is 13.6. The van der Waals surface area contributed by atoms with Crippen molar-refractivity contribution < 1.29 is 22.3 Å². The molecular weight excluding hydrogens is 298 g/mol. The molecule has 20 heavy (non-hydrogen) atoms. The molecule has 1 aromatic carbocycles. The maximum atomic E-state index is 11.1. The molecule has 5 nitrogen and oxygen atoms in total. The number of benzene rings is 1. The monoisotopic (exact) mass is 316 g/mol. The van der Waals surface area contributed by atoms with Crippen molar-refractivity contribution in [3.8, 4) is 5.75 Å². The summed E-state index contributed by atoms with van der Waals surface area (Å²) in [5.41, 5.74) is 1.02. The standard InChI is InChI=1S/C13H17NO4S2/c1-9(20(15,16)17)6-7-14-10(2)19-13-5-4-11(18-3)8-12(13)14/h4-5,8-9H,6-7H2,1-3H3/p+1/t9-/m0/s1. The van der Waals surface area contributed by atoms with Crippen molar-refractivity contribution in [1.82, 2.24) is 0 Å². The fraction of sp³-hybridized carbons (Fsp3) is 0.462. The van der Waals surface area contributed by atoms with Gasteiger partial charge in [0.15, 0.2) is 6.54 Å². The van der Waals surface area contributed by atoms with Gasteiger partial charge in [-0.2, -0.15) is 13.0 Å². The van der Waals surface area contributed by atoms with Crippen LogP contribution in [0.5, 0.6) is 5.75 Å². The van der Waals surface area contributed by atoms with E-state index >= 15 is 0 Å². The first kappa shape index (κ1) is 15.2. The van der Waals surface area contributed by atoms with Gasteiger partial charge in [0.1, 0.15) is 10.4 Å². The van der Waals surface area contributed by atoms with E-state index in [1.165, 1.54) is 6.92 Å².